The molecule has 1 aliphatic heterocycles. The first kappa shape index (κ1) is 18.5. The highest BCUT2D eigenvalue weighted by Crippen LogP contribution is 2.21. The molecular weight excluding hydrogens is 348 g/mol. The number of hydrogen-bond donors (Lipinski definition) is 1. The highest BCUT2D eigenvalue weighted by molar-refractivity contribution is 7.13. The Balaban J connectivity index is 1.67. The van der Waals surface area contributed by atoms with Gasteiger partial charge in [-0.15, -0.1) is 11.3 Å². The van der Waals surface area contributed by atoms with Crippen LogP contribution >= 0.6 is 11.3 Å². The number of rotatable bonds is 5. The second-order valence-electron chi connectivity index (χ2n) is 6.59. The van der Waals surface area contributed by atoms with Crippen LogP contribution in [0, 0.1) is 13.8 Å². The highest BCUT2D eigenvalue weighted by Gasteiger charge is 2.34. The SMILES string of the molecule is Cc1nc(C)c(C(=O)N2CCN(CCc3ccccc3)C(C(N)=O)C2)s1. The minimum absolute atomic E-state index is 0.0536. The Morgan fingerprint density at radius 1 is 1.23 bits per heavy atom. The van der Waals surface area contributed by atoms with E-state index in [2.05, 4.69) is 22.0 Å². The third kappa shape index (κ3) is 4.11. The molecule has 6 nitrogen and oxygen atoms in total. The molecular formula is C19H24N4O2S. The van der Waals surface area contributed by atoms with E-state index < -0.39 is 6.04 Å². The van der Waals surface area contributed by atoms with Crippen molar-refractivity contribution in [3.8, 4) is 0 Å². The molecule has 138 valence electrons. The first-order chi connectivity index (χ1) is 12.5. The van der Waals surface area contributed by atoms with Gasteiger partial charge in [0.2, 0.25) is 5.91 Å². The molecule has 0 spiro atoms. The number of benzene rings is 1. The monoisotopic (exact) mass is 372 g/mol. The van der Waals surface area contributed by atoms with E-state index >= 15 is 0 Å². The average molecular weight is 372 g/mol. The number of nitrogens with two attached hydrogens (primary N) is 1. The van der Waals surface area contributed by atoms with Gasteiger partial charge < -0.3 is 10.6 Å². The second-order valence-corrected chi connectivity index (χ2v) is 7.79. The van der Waals surface area contributed by atoms with E-state index in [0.717, 1.165) is 23.7 Å². The van der Waals surface area contributed by atoms with Crippen molar-refractivity contribution in [2.45, 2.75) is 26.3 Å². The number of carbonyl (C=O) groups excluding carboxylic acids is 2. The van der Waals surface area contributed by atoms with Gasteiger partial charge in [0, 0.05) is 26.2 Å². The van der Waals surface area contributed by atoms with E-state index in [1.54, 1.807) is 4.90 Å². The number of hydrogen-bond acceptors (Lipinski definition) is 5. The Labute approximate surface area is 157 Å². The molecule has 2 aromatic rings. The summed E-state index contributed by atoms with van der Waals surface area (Å²) < 4.78 is 0. The summed E-state index contributed by atoms with van der Waals surface area (Å²) in [7, 11) is 0. The van der Waals surface area contributed by atoms with Crippen molar-refractivity contribution in [3.05, 3.63) is 51.5 Å². The summed E-state index contributed by atoms with van der Waals surface area (Å²) in [6, 6.07) is 9.71. The van der Waals surface area contributed by atoms with E-state index in [0.29, 0.717) is 24.5 Å². The van der Waals surface area contributed by atoms with Crippen LogP contribution in [0.15, 0.2) is 30.3 Å². The Morgan fingerprint density at radius 3 is 2.58 bits per heavy atom. The van der Waals surface area contributed by atoms with Gasteiger partial charge in [0.15, 0.2) is 0 Å². The number of primary amides is 1. The topological polar surface area (TPSA) is 79.5 Å². The molecule has 1 fully saturated rings. The molecule has 0 aliphatic carbocycles. The molecule has 1 atom stereocenters. The van der Waals surface area contributed by atoms with Crippen molar-refractivity contribution in [2.24, 2.45) is 5.73 Å². The number of aryl methyl sites for hydroxylation is 2. The lowest BCUT2D eigenvalue weighted by molar-refractivity contribution is -0.125. The van der Waals surface area contributed by atoms with Crippen molar-refractivity contribution in [1.82, 2.24) is 14.8 Å². The van der Waals surface area contributed by atoms with Crippen LogP contribution in [0.25, 0.3) is 0 Å². The smallest absolute Gasteiger partial charge is 0.265 e. The maximum atomic E-state index is 12.8. The van der Waals surface area contributed by atoms with Crippen LogP contribution in [-0.4, -0.2) is 58.8 Å². The zero-order valence-electron chi connectivity index (χ0n) is 15.1. The van der Waals surface area contributed by atoms with Gasteiger partial charge >= 0.3 is 0 Å². The predicted octanol–water partition coefficient (Wildman–Crippen LogP) is 1.61. The van der Waals surface area contributed by atoms with Gasteiger partial charge in [0.25, 0.3) is 5.91 Å². The normalized spacial score (nSPS) is 18.1. The molecule has 0 saturated carbocycles. The lowest BCUT2D eigenvalue weighted by Crippen LogP contribution is -2.59. The number of piperazine rings is 1. The Bertz CT molecular complexity index is 790. The fourth-order valence-corrected chi connectivity index (χ4v) is 4.22. The van der Waals surface area contributed by atoms with Gasteiger partial charge in [0.05, 0.1) is 10.7 Å². The number of amides is 2. The zero-order chi connectivity index (χ0) is 18.7. The second kappa shape index (κ2) is 7.97. The Kier molecular flexibility index (Phi) is 5.68. The average Bonchev–Trinajstić information content (AvgIpc) is 2.98. The molecule has 1 saturated heterocycles. The predicted molar refractivity (Wildman–Crippen MR) is 102 cm³/mol. The summed E-state index contributed by atoms with van der Waals surface area (Å²) >= 11 is 1.40. The summed E-state index contributed by atoms with van der Waals surface area (Å²) in [5, 5.41) is 0.874. The summed E-state index contributed by atoms with van der Waals surface area (Å²) in [6.07, 6.45) is 0.853. The fraction of sp³-hybridized carbons (Fsp3) is 0.421. The van der Waals surface area contributed by atoms with E-state index in [4.69, 9.17) is 5.73 Å². The molecule has 1 unspecified atom stereocenters. The molecule has 0 bridgehead atoms. The van der Waals surface area contributed by atoms with Gasteiger partial charge in [-0.3, -0.25) is 14.5 Å². The number of carbonyl (C=O) groups is 2. The highest BCUT2D eigenvalue weighted by atomic mass is 32.1. The fourth-order valence-electron chi connectivity index (χ4n) is 3.33. The molecule has 2 N–H and O–H groups in total. The van der Waals surface area contributed by atoms with E-state index in [9.17, 15) is 9.59 Å². The van der Waals surface area contributed by atoms with Crippen LogP contribution in [-0.2, 0) is 11.2 Å². The van der Waals surface area contributed by atoms with Crippen molar-refractivity contribution >= 4 is 23.2 Å². The van der Waals surface area contributed by atoms with Gasteiger partial charge in [-0.2, -0.15) is 0 Å². The first-order valence-corrected chi connectivity index (χ1v) is 9.58. The minimum atomic E-state index is -0.453. The zero-order valence-corrected chi connectivity index (χ0v) is 16.0. The molecule has 0 radical (unpaired) electrons. The van der Waals surface area contributed by atoms with Crippen LogP contribution in [0.3, 0.4) is 0 Å². The lowest BCUT2D eigenvalue weighted by Gasteiger charge is -2.39. The molecule has 1 aromatic heterocycles. The molecule has 7 heteroatoms. The Hall–Kier alpha value is -2.25. The third-order valence-corrected chi connectivity index (χ3v) is 5.80. The number of aromatic nitrogens is 1. The van der Waals surface area contributed by atoms with Crippen molar-refractivity contribution in [2.75, 3.05) is 26.2 Å². The van der Waals surface area contributed by atoms with Gasteiger partial charge in [-0.1, -0.05) is 30.3 Å². The summed E-state index contributed by atoms with van der Waals surface area (Å²) in [5.41, 5.74) is 7.61. The number of nitrogens with zero attached hydrogens (tertiary/aromatic N) is 3. The number of thiazole rings is 1. The molecule has 3 rings (SSSR count). The van der Waals surface area contributed by atoms with Gasteiger partial charge in [0.1, 0.15) is 10.9 Å². The molecule has 1 aliphatic rings. The van der Waals surface area contributed by atoms with Crippen molar-refractivity contribution in [3.63, 3.8) is 0 Å². The van der Waals surface area contributed by atoms with Crippen LogP contribution < -0.4 is 5.73 Å². The summed E-state index contributed by atoms with van der Waals surface area (Å²) in [4.78, 5) is 33.6. The summed E-state index contributed by atoms with van der Waals surface area (Å²) in [5.74, 6) is -0.435. The van der Waals surface area contributed by atoms with Crippen LogP contribution in [0.5, 0.6) is 0 Å². The minimum Gasteiger partial charge on any atom is -0.368 e. The molecule has 1 aromatic carbocycles. The maximum Gasteiger partial charge on any atom is 0.265 e. The van der Waals surface area contributed by atoms with E-state index in [1.807, 2.05) is 32.0 Å². The van der Waals surface area contributed by atoms with Crippen LogP contribution in [0.1, 0.15) is 25.9 Å². The molecule has 2 amide bonds. The van der Waals surface area contributed by atoms with Crippen molar-refractivity contribution < 1.29 is 9.59 Å². The standard InChI is InChI=1S/C19H24N4O2S/c1-13-17(26-14(2)21-13)19(25)23-11-10-22(16(12-23)18(20)24)9-8-15-6-4-3-5-7-15/h3-7,16H,8-12H2,1-2H3,(H2,20,24). The largest absolute Gasteiger partial charge is 0.368 e. The Morgan fingerprint density at radius 2 is 1.96 bits per heavy atom. The van der Waals surface area contributed by atoms with E-state index in [1.165, 1.54) is 16.9 Å². The quantitative estimate of drug-likeness (QED) is 0.865. The van der Waals surface area contributed by atoms with Gasteiger partial charge in [-0.25, -0.2) is 4.98 Å². The molecule has 2 heterocycles. The summed E-state index contributed by atoms with van der Waals surface area (Å²) in [6.45, 7) is 6.05. The third-order valence-electron chi connectivity index (χ3n) is 4.74. The maximum absolute atomic E-state index is 12.8. The van der Waals surface area contributed by atoms with E-state index in [-0.39, 0.29) is 11.8 Å². The lowest BCUT2D eigenvalue weighted by atomic mass is 10.1. The van der Waals surface area contributed by atoms with Crippen molar-refractivity contribution in [1.29, 1.82) is 0 Å². The van der Waals surface area contributed by atoms with Crippen LogP contribution in [0.4, 0.5) is 0 Å². The van der Waals surface area contributed by atoms with Crippen LogP contribution in [0.2, 0.25) is 0 Å². The molecule has 26 heavy (non-hydrogen) atoms. The first-order valence-electron chi connectivity index (χ1n) is 8.76. The van der Waals surface area contributed by atoms with Gasteiger partial charge in [-0.05, 0) is 25.8 Å².